The molecule has 3 rings (SSSR count). The van der Waals surface area contributed by atoms with Gasteiger partial charge in [-0.2, -0.15) is 0 Å². The number of nitrogens with one attached hydrogen (secondary N) is 1. The first kappa shape index (κ1) is 20.6. The van der Waals surface area contributed by atoms with E-state index in [0.29, 0.717) is 29.2 Å². The fourth-order valence-corrected chi connectivity index (χ4v) is 4.04. The first-order chi connectivity index (χ1) is 14.1. The van der Waals surface area contributed by atoms with Gasteiger partial charge in [-0.1, -0.05) is 37.4 Å². The van der Waals surface area contributed by atoms with Crippen molar-refractivity contribution in [2.75, 3.05) is 30.9 Å². The van der Waals surface area contributed by atoms with Gasteiger partial charge in [0.2, 0.25) is 0 Å². The van der Waals surface area contributed by atoms with E-state index >= 15 is 0 Å². The van der Waals surface area contributed by atoms with E-state index in [2.05, 4.69) is 22.8 Å². The Balaban J connectivity index is 1.58. The number of carbonyl (C=O) groups excluding carboxylic acids is 1. The average Bonchev–Trinajstić information content (AvgIpc) is 2.78. The van der Waals surface area contributed by atoms with Gasteiger partial charge in [0, 0.05) is 43.1 Å². The maximum absolute atomic E-state index is 12.8. The summed E-state index contributed by atoms with van der Waals surface area (Å²) < 4.78 is 15.3. The predicted molar refractivity (Wildman–Crippen MR) is 119 cm³/mol. The summed E-state index contributed by atoms with van der Waals surface area (Å²) in [5, 5.41) is 0. The molecule has 2 aromatic carbocycles. The molecule has 1 heterocycles. The number of benzene rings is 2. The molecule has 1 aliphatic rings. The Morgan fingerprint density at radius 3 is 2.14 bits per heavy atom. The van der Waals surface area contributed by atoms with Gasteiger partial charge in [-0.15, -0.1) is 0 Å². The highest BCUT2D eigenvalue weighted by Gasteiger charge is 2.22. The highest BCUT2D eigenvalue weighted by Crippen LogP contribution is 2.17. The quantitative estimate of drug-likeness (QED) is 0.710. The van der Waals surface area contributed by atoms with Crippen LogP contribution in [0.1, 0.15) is 10.4 Å². The third-order valence-corrected chi connectivity index (χ3v) is 5.85. The Hall–Kier alpha value is -3.12. The van der Waals surface area contributed by atoms with Crippen LogP contribution < -0.4 is 4.72 Å². The van der Waals surface area contributed by atoms with Gasteiger partial charge in [-0.25, -0.2) is 4.21 Å². The summed E-state index contributed by atoms with van der Waals surface area (Å²) in [6.45, 7) is 10.4. The van der Waals surface area contributed by atoms with Gasteiger partial charge in [0.15, 0.2) is 0 Å². The maximum atomic E-state index is 12.8. The lowest BCUT2D eigenvalue weighted by atomic mass is 10.1. The lowest BCUT2D eigenvalue weighted by Gasteiger charge is -2.36. The summed E-state index contributed by atoms with van der Waals surface area (Å²) in [4.78, 5) is 17.6. The number of carbonyl (C=O) groups is 1. The van der Waals surface area contributed by atoms with E-state index in [1.807, 2.05) is 47.4 Å². The van der Waals surface area contributed by atoms with Crippen LogP contribution in [0.2, 0.25) is 0 Å². The zero-order chi connectivity index (χ0) is 20.6. The fourth-order valence-electron chi connectivity index (χ4n) is 3.16. The number of nitrogens with zero attached hydrogens (tertiary/aromatic N) is 2. The fraction of sp³-hybridized carbons (Fsp3) is 0.174. The van der Waals surface area contributed by atoms with Gasteiger partial charge in [0.1, 0.15) is 11.0 Å². The minimum atomic E-state index is -1.34. The molecule has 0 radical (unpaired) electrons. The maximum Gasteiger partial charge on any atom is 0.253 e. The van der Waals surface area contributed by atoms with Crippen LogP contribution in [0.3, 0.4) is 0 Å². The van der Waals surface area contributed by atoms with Gasteiger partial charge in [0.05, 0.1) is 4.90 Å². The number of amides is 1. The average molecular weight is 408 g/mol. The molecule has 1 fully saturated rings. The SMILES string of the molecule is C=C/C=C(\C=C)N1CCN(C(=O)c2ccc(NS(=O)c3ccccc3)cc2)CC1. The summed E-state index contributed by atoms with van der Waals surface area (Å²) in [7, 11) is -1.34. The first-order valence-electron chi connectivity index (χ1n) is 9.45. The third-order valence-electron chi connectivity index (χ3n) is 4.73. The van der Waals surface area contributed by atoms with Crippen molar-refractivity contribution in [3.05, 3.63) is 97.2 Å². The van der Waals surface area contributed by atoms with Gasteiger partial charge in [-0.05, 0) is 48.6 Å². The molecule has 1 unspecified atom stereocenters. The molecule has 1 N–H and O–H groups in total. The summed E-state index contributed by atoms with van der Waals surface area (Å²) in [6, 6.07) is 16.3. The van der Waals surface area contributed by atoms with E-state index in [4.69, 9.17) is 0 Å². The van der Waals surface area contributed by atoms with Crippen molar-refractivity contribution in [2.24, 2.45) is 0 Å². The third kappa shape index (κ3) is 5.23. The highest BCUT2D eigenvalue weighted by atomic mass is 32.2. The van der Waals surface area contributed by atoms with E-state index in [-0.39, 0.29) is 5.91 Å². The van der Waals surface area contributed by atoms with Crippen LogP contribution >= 0.6 is 0 Å². The monoisotopic (exact) mass is 407 g/mol. The zero-order valence-corrected chi connectivity index (χ0v) is 17.1. The molecule has 0 bridgehead atoms. The molecule has 0 aromatic heterocycles. The van der Waals surface area contributed by atoms with Crippen LogP contribution in [0, 0.1) is 0 Å². The molecule has 5 nitrogen and oxygen atoms in total. The van der Waals surface area contributed by atoms with Crippen LogP contribution in [0.4, 0.5) is 5.69 Å². The second-order valence-corrected chi connectivity index (χ2v) is 7.78. The summed E-state index contributed by atoms with van der Waals surface area (Å²) in [5.74, 6) is 0.00763. The van der Waals surface area contributed by atoms with Gasteiger partial charge < -0.3 is 14.5 Å². The minimum Gasteiger partial charge on any atom is -0.368 e. The second-order valence-electron chi connectivity index (χ2n) is 6.57. The van der Waals surface area contributed by atoms with Crippen molar-refractivity contribution >= 4 is 22.6 Å². The number of rotatable bonds is 7. The summed E-state index contributed by atoms with van der Waals surface area (Å²) >= 11 is 0. The topological polar surface area (TPSA) is 52.6 Å². The second kappa shape index (κ2) is 9.89. The molecule has 0 saturated carbocycles. The van der Waals surface area contributed by atoms with Crippen molar-refractivity contribution in [3.8, 4) is 0 Å². The molecule has 1 atom stereocenters. The molecule has 6 heteroatoms. The van der Waals surface area contributed by atoms with E-state index in [0.717, 1.165) is 18.8 Å². The Kier molecular flexibility index (Phi) is 7.03. The Bertz CT molecular complexity index is 915. The summed E-state index contributed by atoms with van der Waals surface area (Å²) in [6.07, 6.45) is 5.48. The van der Waals surface area contributed by atoms with E-state index in [1.165, 1.54) is 0 Å². The number of anilines is 1. The highest BCUT2D eigenvalue weighted by molar-refractivity contribution is 7.86. The van der Waals surface area contributed by atoms with Crippen molar-refractivity contribution < 1.29 is 9.00 Å². The Morgan fingerprint density at radius 1 is 0.931 bits per heavy atom. The zero-order valence-electron chi connectivity index (χ0n) is 16.3. The van der Waals surface area contributed by atoms with E-state index in [9.17, 15) is 9.00 Å². The molecule has 1 saturated heterocycles. The Labute approximate surface area is 174 Å². The smallest absolute Gasteiger partial charge is 0.253 e. The molecule has 2 aromatic rings. The molecular formula is C23H25N3O2S. The molecule has 0 aliphatic carbocycles. The van der Waals surface area contributed by atoms with Crippen molar-refractivity contribution in [1.29, 1.82) is 0 Å². The van der Waals surface area contributed by atoms with Crippen LogP contribution in [-0.2, 0) is 11.0 Å². The molecule has 1 amide bonds. The van der Waals surface area contributed by atoms with Crippen molar-refractivity contribution in [3.63, 3.8) is 0 Å². The standard InChI is InChI=1S/C23H25N3O2S/c1-3-8-21(4-2)25-15-17-26(18-16-25)23(27)19-11-13-20(14-12-19)24-29(28)22-9-6-5-7-10-22/h3-14,24H,1-2,15-18H2/b21-8+. The van der Waals surface area contributed by atoms with Gasteiger partial charge in [-0.3, -0.25) is 4.79 Å². The van der Waals surface area contributed by atoms with Crippen LogP contribution in [-0.4, -0.2) is 46.1 Å². The minimum absolute atomic E-state index is 0.00763. The lowest BCUT2D eigenvalue weighted by Crippen LogP contribution is -2.48. The molecule has 1 aliphatic heterocycles. The largest absolute Gasteiger partial charge is 0.368 e. The molecular weight excluding hydrogens is 382 g/mol. The molecule has 0 spiro atoms. The van der Waals surface area contributed by atoms with Crippen LogP contribution in [0.5, 0.6) is 0 Å². The van der Waals surface area contributed by atoms with Gasteiger partial charge >= 0.3 is 0 Å². The normalized spacial score (nSPS) is 15.5. The lowest BCUT2D eigenvalue weighted by molar-refractivity contribution is 0.0672. The van der Waals surface area contributed by atoms with Crippen LogP contribution in [0.15, 0.2) is 96.6 Å². The van der Waals surface area contributed by atoms with E-state index < -0.39 is 11.0 Å². The van der Waals surface area contributed by atoms with Crippen molar-refractivity contribution in [2.45, 2.75) is 4.90 Å². The number of hydrogen-bond donors (Lipinski definition) is 1. The Morgan fingerprint density at radius 2 is 1.55 bits per heavy atom. The van der Waals surface area contributed by atoms with Gasteiger partial charge in [0.25, 0.3) is 5.91 Å². The summed E-state index contributed by atoms with van der Waals surface area (Å²) in [5.41, 5.74) is 2.35. The molecule has 150 valence electrons. The number of allylic oxidation sites excluding steroid dienone is 3. The van der Waals surface area contributed by atoms with Crippen molar-refractivity contribution in [1.82, 2.24) is 9.80 Å². The van der Waals surface area contributed by atoms with E-state index in [1.54, 1.807) is 30.3 Å². The number of piperazine rings is 1. The predicted octanol–water partition coefficient (Wildman–Crippen LogP) is 3.84. The van der Waals surface area contributed by atoms with Crippen LogP contribution in [0.25, 0.3) is 0 Å². The first-order valence-corrected chi connectivity index (χ1v) is 10.6. The number of hydrogen-bond acceptors (Lipinski definition) is 3. The molecule has 29 heavy (non-hydrogen) atoms.